The summed E-state index contributed by atoms with van der Waals surface area (Å²) in [7, 11) is -2.16. The maximum atomic E-state index is 6.90. The van der Waals surface area contributed by atoms with Gasteiger partial charge in [0.15, 0.2) is 0 Å². The molecular weight excluding hydrogens is 388 g/mol. The summed E-state index contributed by atoms with van der Waals surface area (Å²) >= 11 is 0. The first-order valence-electron chi connectivity index (χ1n) is 11.3. The van der Waals surface area contributed by atoms with Crippen LogP contribution in [-0.4, -0.2) is 42.0 Å². The van der Waals surface area contributed by atoms with Gasteiger partial charge in [0.05, 0.1) is 20.0 Å². The van der Waals surface area contributed by atoms with Crippen LogP contribution < -0.4 is 5.19 Å². The first-order chi connectivity index (χ1) is 14.3. The number of rotatable bonds is 7. The zero-order chi connectivity index (χ0) is 20.0. The highest BCUT2D eigenvalue weighted by molar-refractivity contribution is 6.81. The van der Waals surface area contributed by atoms with Gasteiger partial charge in [0.2, 0.25) is 0 Å². The molecule has 0 amide bonds. The van der Waals surface area contributed by atoms with E-state index in [1.807, 2.05) is 0 Å². The highest BCUT2D eigenvalue weighted by Gasteiger charge is 2.58. The van der Waals surface area contributed by atoms with Gasteiger partial charge in [-0.1, -0.05) is 77.1 Å². The van der Waals surface area contributed by atoms with E-state index in [1.165, 1.54) is 42.5 Å². The molecule has 0 radical (unpaired) electrons. The molecule has 154 valence electrons. The largest absolute Gasteiger partial charge is 0.377 e. The van der Waals surface area contributed by atoms with Crippen LogP contribution in [0.15, 0.2) is 72.9 Å². The van der Waals surface area contributed by atoms with Crippen molar-refractivity contribution in [3.05, 3.63) is 78.5 Å². The Hall–Kier alpha value is -1.47. The zero-order valence-electron chi connectivity index (χ0n) is 17.5. The molecule has 2 aliphatic heterocycles. The average molecular weight is 423 g/mol. The predicted octanol–water partition coefficient (Wildman–Crippen LogP) is 3.59. The van der Waals surface area contributed by atoms with Crippen LogP contribution in [0.2, 0.25) is 0 Å². The Labute approximate surface area is 179 Å². The van der Waals surface area contributed by atoms with Gasteiger partial charge in [-0.15, -0.1) is 6.58 Å². The molecule has 0 N–H and O–H groups in total. The lowest BCUT2D eigenvalue weighted by Crippen LogP contribution is -2.72. The van der Waals surface area contributed by atoms with E-state index in [0.29, 0.717) is 0 Å². The summed E-state index contributed by atoms with van der Waals surface area (Å²) < 4.78 is 13.8. The van der Waals surface area contributed by atoms with E-state index in [0.717, 1.165) is 26.1 Å². The molecule has 2 fully saturated rings. The van der Waals surface area contributed by atoms with Crippen molar-refractivity contribution in [1.82, 2.24) is 0 Å². The Morgan fingerprint density at radius 3 is 2.10 bits per heavy atom. The van der Waals surface area contributed by atoms with Crippen LogP contribution in [0.25, 0.3) is 0 Å². The molecule has 0 aromatic heterocycles. The topological polar surface area (TPSA) is 18.5 Å². The molecule has 0 aliphatic carbocycles. The van der Waals surface area contributed by atoms with Gasteiger partial charge in [-0.3, -0.25) is 0 Å². The third kappa shape index (κ3) is 4.22. The van der Waals surface area contributed by atoms with Crippen molar-refractivity contribution in [1.29, 1.82) is 0 Å². The van der Waals surface area contributed by atoms with E-state index in [-0.39, 0.29) is 10.4 Å². The van der Waals surface area contributed by atoms with Crippen molar-refractivity contribution in [2.45, 2.75) is 55.0 Å². The van der Waals surface area contributed by atoms with Crippen LogP contribution in [0.5, 0.6) is 0 Å². The highest BCUT2D eigenvalue weighted by atomic mass is 28.3. The minimum absolute atomic E-state index is 0.0670. The van der Waals surface area contributed by atoms with Gasteiger partial charge < -0.3 is 9.47 Å². The van der Waals surface area contributed by atoms with Crippen LogP contribution in [-0.2, 0) is 15.5 Å². The summed E-state index contributed by atoms with van der Waals surface area (Å²) in [6.07, 6.45) is 7.16. The second-order valence-corrected chi connectivity index (χ2v) is 13.8. The van der Waals surface area contributed by atoms with Crippen molar-refractivity contribution in [2.24, 2.45) is 0 Å². The molecule has 2 nitrogen and oxygen atoms in total. The molecule has 4 heteroatoms. The van der Waals surface area contributed by atoms with Crippen LogP contribution in [0.4, 0.5) is 0 Å². The van der Waals surface area contributed by atoms with Gasteiger partial charge in [-0.25, -0.2) is 0 Å². The average Bonchev–Trinajstić information content (AvgIpc) is 2.81. The van der Waals surface area contributed by atoms with Crippen molar-refractivity contribution < 1.29 is 9.47 Å². The van der Waals surface area contributed by atoms with Crippen LogP contribution in [0, 0.1) is 0 Å². The summed E-state index contributed by atoms with van der Waals surface area (Å²) in [6, 6.07) is 23.2. The lowest BCUT2D eigenvalue weighted by Gasteiger charge is -2.56. The zero-order valence-corrected chi connectivity index (χ0v) is 20.1. The fraction of sp³-hybridized carbons (Fsp3) is 0.440. The lowest BCUT2D eigenvalue weighted by molar-refractivity contribution is -0.162. The molecule has 2 heterocycles. The molecule has 2 aromatic rings. The Morgan fingerprint density at radius 2 is 1.52 bits per heavy atom. The lowest BCUT2D eigenvalue weighted by atomic mass is 9.96. The van der Waals surface area contributed by atoms with Crippen LogP contribution in [0.1, 0.15) is 44.1 Å². The van der Waals surface area contributed by atoms with E-state index in [4.69, 9.17) is 9.47 Å². The smallest absolute Gasteiger partial charge is 0.133 e. The Kier molecular flexibility index (Phi) is 6.86. The molecule has 0 spiro atoms. The highest BCUT2D eigenvalue weighted by Crippen LogP contribution is 2.44. The van der Waals surface area contributed by atoms with Crippen LogP contribution >= 0.6 is 0 Å². The Bertz CT molecular complexity index is 766. The summed E-state index contributed by atoms with van der Waals surface area (Å²) in [6.45, 7) is 6.10. The second-order valence-electron chi connectivity index (χ2n) is 8.60. The summed E-state index contributed by atoms with van der Waals surface area (Å²) in [5.41, 5.74) is 3.73. The Morgan fingerprint density at radius 1 is 0.862 bits per heavy atom. The van der Waals surface area contributed by atoms with Gasteiger partial charge in [0, 0.05) is 13.2 Å². The maximum Gasteiger partial charge on any atom is 0.133 e. The monoisotopic (exact) mass is 422 g/mol. The summed E-state index contributed by atoms with van der Waals surface area (Å²) in [4.78, 5) is 0. The first kappa shape index (κ1) is 20.8. The van der Waals surface area contributed by atoms with Gasteiger partial charge in [-0.05, 0) is 44.6 Å². The molecule has 2 aromatic carbocycles. The number of hydrogen-bond donors (Lipinski definition) is 0. The van der Waals surface area contributed by atoms with Crippen molar-refractivity contribution in [3.8, 4) is 0 Å². The third-order valence-electron chi connectivity index (χ3n) is 6.98. The molecule has 29 heavy (non-hydrogen) atoms. The maximum absolute atomic E-state index is 6.90. The molecule has 3 unspecified atom stereocenters. The second kappa shape index (κ2) is 9.56. The molecule has 3 atom stereocenters. The molecule has 0 bridgehead atoms. The molecule has 4 rings (SSSR count). The van der Waals surface area contributed by atoms with Gasteiger partial charge in [0.25, 0.3) is 0 Å². The third-order valence-corrected chi connectivity index (χ3v) is 13.7. The summed E-state index contributed by atoms with van der Waals surface area (Å²) in [5.74, 6) is 0. The molecular formula is C25H34O2Si2. The number of benzene rings is 2. The van der Waals surface area contributed by atoms with Crippen molar-refractivity contribution in [2.75, 3.05) is 13.2 Å². The fourth-order valence-corrected chi connectivity index (χ4v) is 12.6. The van der Waals surface area contributed by atoms with Crippen LogP contribution in [0.3, 0.4) is 0 Å². The normalized spacial score (nSPS) is 29.0. The molecule has 2 aliphatic rings. The number of hydrogen-bond acceptors (Lipinski definition) is 2. The summed E-state index contributed by atoms with van der Waals surface area (Å²) in [5, 5.41) is 1.24. The quantitative estimate of drug-likeness (QED) is 0.635. The fourth-order valence-electron chi connectivity index (χ4n) is 5.55. The van der Waals surface area contributed by atoms with Gasteiger partial charge in [-0.2, -0.15) is 0 Å². The van der Waals surface area contributed by atoms with Gasteiger partial charge in [0.1, 0.15) is 8.80 Å². The van der Waals surface area contributed by atoms with E-state index >= 15 is 0 Å². The van der Waals surface area contributed by atoms with E-state index < -0.39 is 18.3 Å². The molecule has 0 saturated carbocycles. The standard InChI is InChI=1S/C25H34O2Si2/c1-2-29(23-15-7-4-8-16-23)25(18-10-12-20-27-25)24(17-9-11-19-26-24)28-21-22-13-5-3-6-14-22/h2-8,13-16,29H,1,9-12,17-21,28H2. The minimum atomic E-state index is -1.60. The van der Waals surface area contributed by atoms with Gasteiger partial charge >= 0.3 is 0 Å². The predicted molar refractivity (Wildman–Crippen MR) is 127 cm³/mol. The molecule has 2 saturated heterocycles. The Balaban J connectivity index is 1.73. The van der Waals surface area contributed by atoms with E-state index in [1.54, 1.807) is 0 Å². The van der Waals surface area contributed by atoms with E-state index in [9.17, 15) is 0 Å². The van der Waals surface area contributed by atoms with Crippen molar-refractivity contribution >= 4 is 23.5 Å². The SMILES string of the molecule is C=C[SiH](c1ccccc1)C1(C2([SiH2]Cc3ccccc3)CCCCO2)CCCCO1. The minimum Gasteiger partial charge on any atom is -0.377 e. The van der Waals surface area contributed by atoms with Crippen molar-refractivity contribution in [3.63, 3.8) is 0 Å². The first-order valence-corrected chi connectivity index (χ1v) is 14.8. The van der Waals surface area contributed by atoms with E-state index in [2.05, 4.69) is 72.9 Å². The number of ether oxygens (including phenoxy) is 2.